The first-order valence-electron chi connectivity index (χ1n) is 11.2. The highest BCUT2D eigenvalue weighted by atomic mass is 28.4. The van der Waals surface area contributed by atoms with Crippen LogP contribution in [0.4, 0.5) is 4.39 Å². The fourth-order valence-corrected chi connectivity index (χ4v) is 8.92. The molecule has 0 aromatic heterocycles. The zero-order valence-electron chi connectivity index (χ0n) is 19.7. The Kier molecular flexibility index (Phi) is 7.73. The Morgan fingerprint density at radius 3 is 2.09 bits per heavy atom. The summed E-state index contributed by atoms with van der Waals surface area (Å²) in [6, 6.07) is 20.7. The van der Waals surface area contributed by atoms with Crippen molar-refractivity contribution in [2.45, 2.75) is 64.1 Å². The summed E-state index contributed by atoms with van der Waals surface area (Å²) < 4.78 is 32.4. The third kappa shape index (κ3) is 5.38. The van der Waals surface area contributed by atoms with Crippen LogP contribution >= 0.6 is 0 Å². The van der Waals surface area contributed by atoms with Gasteiger partial charge in [0.15, 0.2) is 5.79 Å². The van der Waals surface area contributed by atoms with E-state index in [1.165, 1.54) is 16.4 Å². The zero-order chi connectivity index (χ0) is 23.4. The Morgan fingerprint density at radius 2 is 1.66 bits per heavy atom. The molecule has 4 nitrogen and oxygen atoms in total. The van der Waals surface area contributed by atoms with E-state index in [0.717, 1.165) is 0 Å². The molecule has 2 aromatic rings. The second-order valence-corrected chi connectivity index (χ2v) is 14.0. The van der Waals surface area contributed by atoms with Crippen LogP contribution in [0.25, 0.3) is 0 Å². The maximum absolute atomic E-state index is 14.6. The van der Waals surface area contributed by atoms with E-state index in [9.17, 15) is 9.50 Å². The van der Waals surface area contributed by atoms with E-state index in [1.54, 1.807) is 13.8 Å². The fraction of sp³-hybridized carbons (Fsp3) is 0.462. The van der Waals surface area contributed by atoms with E-state index < -0.39 is 32.1 Å². The Bertz CT molecular complexity index is 854. The zero-order valence-corrected chi connectivity index (χ0v) is 20.7. The SMILES string of the molecule is CC1(C)OC[C@H](C(O)/C(F)=C/CCO[Si](c2ccccc2)(c2ccccc2)C(C)(C)C)O1. The number of aliphatic hydroxyl groups is 1. The third-order valence-electron chi connectivity index (χ3n) is 5.86. The molecule has 0 bridgehead atoms. The van der Waals surface area contributed by atoms with E-state index >= 15 is 0 Å². The molecule has 1 aliphatic rings. The van der Waals surface area contributed by atoms with Gasteiger partial charge in [-0.3, -0.25) is 0 Å². The lowest BCUT2D eigenvalue weighted by atomic mass is 10.1. The van der Waals surface area contributed by atoms with Crippen LogP contribution in [0.3, 0.4) is 0 Å². The lowest BCUT2D eigenvalue weighted by Crippen LogP contribution is -2.66. The normalized spacial score (nSPS) is 20.3. The summed E-state index contributed by atoms with van der Waals surface area (Å²) in [5.41, 5.74) is 0. The second kappa shape index (κ2) is 9.97. The second-order valence-electron chi connectivity index (χ2n) is 9.70. The molecule has 0 amide bonds. The van der Waals surface area contributed by atoms with Gasteiger partial charge in [-0.15, -0.1) is 0 Å². The molecule has 0 aliphatic carbocycles. The molecule has 1 saturated heterocycles. The van der Waals surface area contributed by atoms with Gasteiger partial charge in [-0.05, 0) is 41.8 Å². The molecule has 0 spiro atoms. The van der Waals surface area contributed by atoms with Gasteiger partial charge in [0, 0.05) is 6.61 Å². The molecule has 0 saturated carbocycles. The molecule has 3 rings (SSSR count). The maximum atomic E-state index is 14.6. The van der Waals surface area contributed by atoms with Gasteiger partial charge in [-0.2, -0.15) is 0 Å². The van der Waals surface area contributed by atoms with Crippen LogP contribution in [0.15, 0.2) is 72.6 Å². The van der Waals surface area contributed by atoms with Gasteiger partial charge < -0.3 is 19.0 Å². The van der Waals surface area contributed by atoms with Gasteiger partial charge in [0.1, 0.15) is 18.0 Å². The lowest BCUT2D eigenvalue weighted by Gasteiger charge is -2.43. The van der Waals surface area contributed by atoms with Crippen molar-refractivity contribution in [3.8, 4) is 0 Å². The highest BCUT2D eigenvalue weighted by Crippen LogP contribution is 2.37. The van der Waals surface area contributed by atoms with Crippen LogP contribution < -0.4 is 10.4 Å². The van der Waals surface area contributed by atoms with Crippen LogP contribution in [0.1, 0.15) is 41.0 Å². The first kappa shape index (κ1) is 24.8. The van der Waals surface area contributed by atoms with Gasteiger partial charge >= 0.3 is 0 Å². The molecule has 2 aromatic carbocycles. The maximum Gasteiger partial charge on any atom is 0.261 e. The molecule has 1 N–H and O–H groups in total. The number of hydrogen-bond acceptors (Lipinski definition) is 4. The Balaban J connectivity index is 1.79. The number of ether oxygens (including phenoxy) is 2. The molecule has 0 radical (unpaired) electrons. The molecule has 1 unspecified atom stereocenters. The quantitative estimate of drug-likeness (QED) is 0.473. The molecule has 1 fully saturated rings. The summed E-state index contributed by atoms with van der Waals surface area (Å²) in [5, 5.41) is 12.5. The highest BCUT2D eigenvalue weighted by molar-refractivity contribution is 6.99. The summed E-state index contributed by atoms with van der Waals surface area (Å²) in [5.74, 6) is -1.42. The standard InChI is InChI=1S/C26H35FO4Si/c1-25(2,3)32(20-13-8-6-9-14-20,21-15-10-7-11-16-21)30-18-12-17-22(27)24(28)23-19-29-26(4,5)31-23/h6-11,13-17,23-24,28H,12,18-19H2,1-5H3/b22-17-/t23-,24?/m1/s1. The van der Waals surface area contributed by atoms with Crippen molar-refractivity contribution in [2.75, 3.05) is 13.2 Å². The minimum absolute atomic E-state index is 0.141. The minimum Gasteiger partial charge on any atom is -0.407 e. The number of halogens is 1. The van der Waals surface area contributed by atoms with Crippen molar-refractivity contribution >= 4 is 18.7 Å². The molecule has 2 atom stereocenters. The van der Waals surface area contributed by atoms with Crippen LogP contribution in [-0.2, 0) is 13.9 Å². The number of benzene rings is 2. The number of rotatable bonds is 8. The molecule has 1 heterocycles. The fourth-order valence-electron chi connectivity index (χ4n) is 4.34. The summed E-state index contributed by atoms with van der Waals surface area (Å²) in [6.45, 7) is 10.6. The van der Waals surface area contributed by atoms with Crippen LogP contribution in [0, 0.1) is 0 Å². The number of hydrogen-bond donors (Lipinski definition) is 1. The van der Waals surface area contributed by atoms with Gasteiger partial charge in [0.25, 0.3) is 8.32 Å². The van der Waals surface area contributed by atoms with Crippen molar-refractivity contribution in [1.29, 1.82) is 0 Å². The van der Waals surface area contributed by atoms with Crippen LogP contribution in [-0.4, -0.2) is 44.6 Å². The van der Waals surface area contributed by atoms with Gasteiger partial charge in [-0.1, -0.05) is 81.4 Å². The Hall–Kier alpha value is -1.83. The number of aliphatic hydroxyl groups excluding tert-OH is 1. The highest BCUT2D eigenvalue weighted by Gasteiger charge is 2.50. The smallest absolute Gasteiger partial charge is 0.261 e. The largest absolute Gasteiger partial charge is 0.407 e. The van der Waals surface area contributed by atoms with Gasteiger partial charge in [0.05, 0.1) is 6.61 Å². The summed E-state index contributed by atoms with van der Waals surface area (Å²) in [6.07, 6.45) is -0.301. The predicted molar refractivity (Wildman–Crippen MR) is 128 cm³/mol. The van der Waals surface area contributed by atoms with E-state index in [0.29, 0.717) is 13.0 Å². The van der Waals surface area contributed by atoms with Gasteiger partial charge in [-0.25, -0.2) is 4.39 Å². The molecule has 6 heteroatoms. The van der Waals surface area contributed by atoms with E-state index in [1.807, 2.05) is 36.4 Å². The first-order valence-corrected chi connectivity index (χ1v) is 13.1. The van der Waals surface area contributed by atoms with E-state index in [2.05, 4.69) is 45.0 Å². The summed E-state index contributed by atoms with van der Waals surface area (Å²) in [7, 11) is -2.65. The molecular weight excluding hydrogens is 423 g/mol. The third-order valence-corrected chi connectivity index (χ3v) is 10.9. The molecule has 1 aliphatic heterocycles. The van der Waals surface area contributed by atoms with Crippen molar-refractivity contribution < 1.29 is 23.4 Å². The van der Waals surface area contributed by atoms with Crippen molar-refractivity contribution in [2.24, 2.45) is 0 Å². The van der Waals surface area contributed by atoms with Crippen molar-refractivity contribution in [3.05, 3.63) is 72.6 Å². The average Bonchev–Trinajstić information content (AvgIpc) is 3.13. The van der Waals surface area contributed by atoms with Crippen molar-refractivity contribution in [3.63, 3.8) is 0 Å². The predicted octanol–water partition coefficient (Wildman–Crippen LogP) is 4.32. The first-order chi connectivity index (χ1) is 15.1. The topological polar surface area (TPSA) is 47.9 Å². The summed E-state index contributed by atoms with van der Waals surface area (Å²) in [4.78, 5) is 0. The van der Waals surface area contributed by atoms with Gasteiger partial charge in [0.2, 0.25) is 0 Å². The van der Waals surface area contributed by atoms with Crippen LogP contribution in [0.2, 0.25) is 5.04 Å². The lowest BCUT2D eigenvalue weighted by molar-refractivity contribution is -0.149. The van der Waals surface area contributed by atoms with Crippen molar-refractivity contribution in [1.82, 2.24) is 0 Å². The van der Waals surface area contributed by atoms with E-state index in [-0.39, 0.29) is 11.6 Å². The van der Waals surface area contributed by atoms with E-state index in [4.69, 9.17) is 13.9 Å². The minimum atomic E-state index is -2.65. The molecular formula is C26H35FO4Si. The molecule has 32 heavy (non-hydrogen) atoms. The monoisotopic (exact) mass is 458 g/mol. The van der Waals surface area contributed by atoms with Crippen LogP contribution in [0.5, 0.6) is 0 Å². The Labute approximate surface area is 192 Å². The average molecular weight is 459 g/mol. The Morgan fingerprint density at radius 1 is 1.12 bits per heavy atom. The summed E-state index contributed by atoms with van der Waals surface area (Å²) >= 11 is 0. The molecule has 174 valence electrons.